The Balaban J connectivity index is 3.43. The Kier molecular flexibility index (Phi) is 3.07. The summed E-state index contributed by atoms with van der Waals surface area (Å²) in [6.07, 6.45) is 1.71. The molecule has 0 fully saturated rings. The topological polar surface area (TPSA) is 50.4 Å². The van der Waals surface area contributed by atoms with E-state index in [9.17, 15) is 0 Å². The zero-order chi connectivity index (χ0) is 7.98. The van der Waals surface area contributed by atoms with E-state index in [1.54, 1.807) is 6.21 Å². The lowest BCUT2D eigenvalue weighted by Gasteiger charge is -1.94. The van der Waals surface area contributed by atoms with Crippen LogP contribution in [0.25, 0.3) is 0 Å². The van der Waals surface area contributed by atoms with Crippen LogP contribution in [0, 0.1) is 5.92 Å². The fourth-order valence-corrected chi connectivity index (χ4v) is 0.298. The summed E-state index contributed by atoms with van der Waals surface area (Å²) in [5.74, 6) is 0.390. The van der Waals surface area contributed by atoms with Gasteiger partial charge in [-0.25, -0.2) is 0 Å². The second-order valence-corrected chi connectivity index (χ2v) is 2.37. The summed E-state index contributed by atoms with van der Waals surface area (Å²) < 4.78 is 6.57. The Hall–Kier alpha value is -0.640. The summed E-state index contributed by atoms with van der Waals surface area (Å²) in [5, 5.41) is 3.95. The number of hydrogen-bond acceptors (Lipinski definition) is 2. The zero-order valence-corrected chi connectivity index (χ0v) is 6.33. The van der Waals surface area contributed by atoms with Crippen molar-refractivity contribution in [1.82, 2.24) is 5.43 Å². The number of hydrazone groups is 1. The first-order chi connectivity index (χ1) is 4.66. The first kappa shape index (κ1) is 6.48. The van der Waals surface area contributed by atoms with Crippen LogP contribution in [-0.4, -0.2) is 11.3 Å². The van der Waals surface area contributed by atoms with Gasteiger partial charge < -0.3 is 5.73 Å². The highest BCUT2D eigenvalue weighted by molar-refractivity contribution is 7.80. The van der Waals surface area contributed by atoms with Crippen molar-refractivity contribution in [3.8, 4) is 0 Å². The molecule has 0 bridgehead atoms. The smallest absolute Gasteiger partial charge is 0.184 e. The van der Waals surface area contributed by atoms with Crippen LogP contribution < -0.4 is 11.2 Å². The molecule has 0 unspecified atom stereocenters. The van der Waals surface area contributed by atoms with E-state index in [4.69, 9.17) is 1.41 Å². The summed E-state index contributed by atoms with van der Waals surface area (Å²) in [4.78, 5) is 0. The second kappa shape index (κ2) is 4.26. The third-order valence-electron chi connectivity index (χ3n) is 0.539. The summed E-state index contributed by atoms with van der Waals surface area (Å²) >= 11 is 4.58. The minimum atomic E-state index is 0.205. The van der Waals surface area contributed by atoms with E-state index in [0.717, 1.165) is 0 Å². The molecule has 0 heterocycles. The number of nitrogens with one attached hydrogen (secondary N) is 1. The normalized spacial score (nSPS) is 11.7. The molecule has 0 rings (SSSR count). The lowest BCUT2D eigenvalue weighted by molar-refractivity contribution is 0.885. The highest BCUT2D eigenvalue weighted by Crippen LogP contribution is 1.82. The molecule has 0 aromatic heterocycles. The Morgan fingerprint density at radius 1 is 2.00 bits per heavy atom. The van der Waals surface area contributed by atoms with Crippen LogP contribution in [0.3, 0.4) is 0 Å². The minimum Gasteiger partial charge on any atom is -0.375 e. The maximum Gasteiger partial charge on any atom is 0.184 e. The maximum absolute atomic E-state index is 6.57. The van der Waals surface area contributed by atoms with Crippen molar-refractivity contribution in [3.63, 3.8) is 0 Å². The molecule has 9 heavy (non-hydrogen) atoms. The quantitative estimate of drug-likeness (QED) is 0.338. The average molecular weight is 146 g/mol. The van der Waals surface area contributed by atoms with Gasteiger partial charge in [-0.3, -0.25) is 5.43 Å². The van der Waals surface area contributed by atoms with E-state index in [0.29, 0.717) is 5.92 Å². The molecule has 0 saturated carbocycles. The van der Waals surface area contributed by atoms with Gasteiger partial charge in [0.25, 0.3) is 0 Å². The van der Waals surface area contributed by atoms with Gasteiger partial charge in [-0.1, -0.05) is 13.8 Å². The Labute approximate surface area is 61.8 Å². The van der Waals surface area contributed by atoms with E-state index in [-0.39, 0.29) is 5.11 Å². The largest absolute Gasteiger partial charge is 0.375 e. The van der Waals surface area contributed by atoms with Gasteiger partial charge in [0, 0.05) is 6.21 Å². The molecular weight excluding hydrogens is 134 g/mol. The van der Waals surface area contributed by atoms with E-state index < -0.39 is 0 Å². The lowest BCUT2D eigenvalue weighted by atomic mass is 10.3. The second-order valence-electron chi connectivity index (χ2n) is 1.96. The molecule has 0 aliphatic rings. The van der Waals surface area contributed by atoms with Crippen LogP contribution in [0.2, 0.25) is 1.41 Å². The van der Waals surface area contributed by atoms with E-state index in [1.165, 1.54) is 0 Å². The van der Waals surface area contributed by atoms with Gasteiger partial charge in [-0.05, 0) is 18.1 Å². The van der Waals surface area contributed by atoms with Crippen molar-refractivity contribution in [3.05, 3.63) is 0 Å². The van der Waals surface area contributed by atoms with Crippen molar-refractivity contribution in [2.45, 2.75) is 13.8 Å². The van der Waals surface area contributed by atoms with Crippen molar-refractivity contribution in [2.24, 2.45) is 16.7 Å². The van der Waals surface area contributed by atoms with Gasteiger partial charge in [0.1, 0.15) is 0 Å². The average Bonchev–Trinajstić information content (AvgIpc) is 1.87. The standard InChI is InChI=1S/C5H11N3S/c1-4(2)3-7-8-5(6)9/h3-4H,1-2H3,(H3,6,8,9)/b7-3+/i/hD. The van der Waals surface area contributed by atoms with E-state index >= 15 is 0 Å². The summed E-state index contributed by atoms with van der Waals surface area (Å²) in [7, 11) is 0. The molecule has 3 nitrogen and oxygen atoms in total. The third-order valence-corrected chi connectivity index (χ3v) is 0.630. The van der Waals surface area contributed by atoms with Crippen molar-refractivity contribution < 1.29 is 1.41 Å². The summed E-state index contributed by atoms with van der Waals surface area (Å²) in [5.41, 5.74) is 4.46. The van der Waals surface area contributed by atoms with Gasteiger partial charge in [0.15, 0.2) is 6.52 Å². The molecule has 0 aromatic carbocycles. The number of hydrogen-bond donors (Lipinski definition) is 2. The monoisotopic (exact) mass is 146 g/mol. The van der Waals surface area contributed by atoms with E-state index in [2.05, 4.69) is 22.7 Å². The van der Waals surface area contributed by atoms with Crippen LogP contribution in [0.4, 0.5) is 0 Å². The molecular formula is C5H11N3S. The lowest BCUT2D eigenvalue weighted by Crippen LogP contribution is -2.24. The molecule has 0 radical (unpaired) electrons. The molecule has 3 N–H and O–H groups in total. The van der Waals surface area contributed by atoms with Gasteiger partial charge in [-0.2, -0.15) is 5.10 Å². The molecule has 4 heteroatoms. The van der Waals surface area contributed by atoms with E-state index in [1.807, 2.05) is 19.6 Å². The summed E-state index contributed by atoms with van der Waals surface area (Å²) in [6, 6.07) is 0. The number of nitrogens with zero attached hydrogens (tertiary/aromatic N) is 1. The van der Waals surface area contributed by atoms with Crippen LogP contribution in [-0.2, 0) is 0 Å². The summed E-state index contributed by atoms with van der Waals surface area (Å²) in [6.45, 7) is 4.00. The van der Waals surface area contributed by atoms with Gasteiger partial charge in [-0.15, -0.1) is 0 Å². The zero-order valence-electron chi connectivity index (χ0n) is 6.51. The fraction of sp³-hybridized carbons (Fsp3) is 0.600. The molecule has 52 valence electrons. The molecule has 0 atom stereocenters. The number of thiocarbonyl (C=S) groups is 1. The number of rotatable bonds is 2. The molecule has 0 aliphatic heterocycles. The van der Waals surface area contributed by atoms with Crippen molar-refractivity contribution in [2.75, 3.05) is 0 Å². The molecule has 0 saturated heterocycles. The molecule has 0 spiro atoms. The molecule has 0 aliphatic carbocycles. The van der Waals surface area contributed by atoms with Crippen LogP contribution in [0.5, 0.6) is 0 Å². The van der Waals surface area contributed by atoms with Crippen LogP contribution in [0.15, 0.2) is 5.10 Å². The van der Waals surface area contributed by atoms with Gasteiger partial charge in [0.05, 0.1) is 0 Å². The maximum atomic E-state index is 6.57. The SMILES string of the molecule is [2H]NC(=S)N/N=C/C(C)C. The first-order valence-corrected chi connectivity index (χ1v) is 3.08. The third kappa shape index (κ3) is 7.36. The fourth-order valence-electron chi connectivity index (χ4n) is 0.245. The Bertz CT molecular complexity index is 135. The highest BCUT2D eigenvalue weighted by Gasteiger charge is 1.83. The Morgan fingerprint density at radius 3 is 3.11 bits per heavy atom. The highest BCUT2D eigenvalue weighted by atomic mass is 32.1. The first-order valence-electron chi connectivity index (χ1n) is 3.17. The van der Waals surface area contributed by atoms with Gasteiger partial charge in [0.2, 0.25) is 0 Å². The van der Waals surface area contributed by atoms with Crippen LogP contribution >= 0.6 is 12.2 Å². The predicted molar refractivity (Wildman–Crippen MR) is 43.3 cm³/mol. The molecule has 0 amide bonds. The van der Waals surface area contributed by atoms with Crippen molar-refractivity contribution >= 4 is 23.5 Å². The van der Waals surface area contributed by atoms with Gasteiger partial charge >= 0.3 is 0 Å². The predicted octanol–water partition coefficient (Wildman–Crippen LogP) is 0.461. The minimum absolute atomic E-state index is 0.205. The van der Waals surface area contributed by atoms with Crippen LogP contribution in [0.1, 0.15) is 13.8 Å². The number of nitrogens with two attached hydrogens (primary N) is 1. The Morgan fingerprint density at radius 2 is 2.67 bits per heavy atom. The van der Waals surface area contributed by atoms with Crippen molar-refractivity contribution in [1.29, 1.82) is 0 Å². The molecule has 0 aromatic rings.